The van der Waals surface area contributed by atoms with E-state index in [1.807, 2.05) is 4.72 Å². The van der Waals surface area contributed by atoms with Gasteiger partial charge in [-0.05, 0) is 20.8 Å². The fourth-order valence-corrected chi connectivity index (χ4v) is 2.70. The van der Waals surface area contributed by atoms with E-state index in [1.54, 1.807) is 0 Å². The first-order valence-corrected chi connectivity index (χ1v) is 6.44. The molecule has 102 valence electrons. The van der Waals surface area contributed by atoms with Gasteiger partial charge in [0.25, 0.3) is 0 Å². The summed E-state index contributed by atoms with van der Waals surface area (Å²) in [4.78, 5) is 10.5. The Hall–Kier alpha value is -1.45. The minimum Gasteiger partial charge on any atom is -0.479 e. The zero-order valence-corrected chi connectivity index (χ0v) is 10.9. The van der Waals surface area contributed by atoms with Gasteiger partial charge in [-0.25, -0.2) is 17.9 Å². The highest BCUT2D eigenvalue weighted by Crippen LogP contribution is 2.18. The first-order valence-electron chi connectivity index (χ1n) is 4.96. The lowest BCUT2D eigenvalue weighted by atomic mass is 10.1. The highest BCUT2D eigenvalue weighted by Gasteiger charge is 2.33. The number of sulfonamides is 1. The zero-order chi connectivity index (χ0) is 14.1. The number of carbonyl (C=O) groups is 1. The quantitative estimate of drug-likeness (QED) is 0.656. The van der Waals surface area contributed by atoms with Crippen LogP contribution in [0.15, 0.2) is 9.42 Å². The van der Waals surface area contributed by atoms with Crippen molar-refractivity contribution >= 4 is 16.0 Å². The van der Waals surface area contributed by atoms with Gasteiger partial charge in [0.05, 0.1) is 6.54 Å². The van der Waals surface area contributed by atoms with Crippen molar-refractivity contribution in [1.82, 2.24) is 9.88 Å². The zero-order valence-electron chi connectivity index (χ0n) is 10.1. The van der Waals surface area contributed by atoms with Crippen LogP contribution in [0.1, 0.15) is 18.4 Å². The number of aromatic nitrogens is 1. The van der Waals surface area contributed by atoms with Gasteiger partial charge in [-0.2, -0.15) is 0 Å². The van der Waals surface area contributed by atoms with E-state index in [2.05, 4.69) is 5.16 Å². The summed E-state index contributed by atoms with van der Waals surface area (Å²) in [6.07, 6.45) is 0. The van der Waals surface area contributed by atoms with Crippen LogP contribution in [-0.2, 0) is 14.8 Å². The Labute approximate surface area is 104 Å². The van der Waals surface area contributed by atoms with Crippen LogP contribution in [0.5, 0.6) is 0 Å². The molecule has 0 amide bonds. The highest BCUT2D eigenvalue weighted by molar-refractivity contribution is 7.89. The van der Waals surface area contributed by atoms with Gasteiger partial charge in [0.1, 0.15) is 10.6 Å². The summed E-state index contributed by atoms with van der Waals surface area (Å²) >= 11 is 0. The maximum atomic E-state index is 11.9. The summed E-state index contributed by atoms with van der Waals surface area (Å²) in [6, 6.07) is 0. The van der Waals surface area contributed by atoms with Crippen LogP contribution in [0.2, 0.25) is 0 Å². The summed E-state index contributed by atoms with van der Waals surface area (Å²) in [5.41, 5.74) is -2.03. The van der Waals surface area contributed by atoms with Gasteiger partial charge in [0.2, 0.25) is 10.0 Å². The topological polar surface area (TPSA) is 130 Å². The molecule has 0 bridgehead atoms. The first kappa shape index (κ1) is 14.6. The largest absolute Gasteiger partial charge is 0.479 e. The molecular formula is C9H14N2O6S. The van der Waals surface area contributed by atoms with Crippen LogP contribution < -0.4 is 4.72 Å². The molecule has 0 aliphatic carbocycles. The third-order valence-corrected chi connectivity index (χ3v) is 3.95. The third kappa shape index (κ3) is 2.86. The van der Waals surface area contributed by atoms with Crippen molar-refractivity contribution < 1.29 is 27.9 Å². The number of hydrogen-bond acceptors (Lipinski definition) is 6. The molecule has 0 saturated carbocycles. The second kappa shape index (κ2) is 4.67. The van der Waals surface area contributed by atoms with Crippen molar-refractivity contribution in [1.29, 1.82) is 0 Å². The molecule has 1 unspecified atom stereocenters. The maximum Gasteiger partial charge on any atom is 0.336 e. The van der Waals surface area contributed by atoms with Crippen molar-refractivity contribution in [3.05, 3.63) is 11.5 Å². The number of nitrogens with zero attached hydrogens (tertiary/aromatic N) is 1. The number of aliphatic carboxylic acids is 1. The summed E-state index contributed by atoms with van der Waals surface area (Å²) in [7, 11) is -3.97. The summed E-state index contributed by atoms with van der Waals surface area (Å²) < 4.78 is 30.5. The number of nitrogens with one attached hydrogen (secondary N) is 1. The molecule has 3 N–H and O–H groups in total. The molecule has 1 rings (SSSR count). The van der Waals surface area contributed by atoms with E-state index < -0.39 is 28.1 Å². The third-order valence-electron chi connectivity index (χ3n) is 2.30. The number of aryl methyl sites for hydroxylation is 2. The van der Waals surface area contributed by atoms with Crippen molar-refractivity contribution in [2.45, 2.75) is 31.3 Å². The molecule has 18 heavy (non-hydrogen) atoms. The van der Waals surface area contributed by atoms with Gasteiger partial charge in [0.15, 0.2) is 11.4 Å². The van der Waals surface area contributed by atoms with Crippen LogP contribution in [0.25, 0.3) is 0 Å². The predicted octanol–water partition coefficient (Wildman–Crippen LogP) is -0.595. The lowest BCUT2D eigenvalue weighted by Gasteiger charge is -2.18. The smallest absolute Gasteiger partial charge is 0.336 e. The average molecular weight is 278 g/mol. The summed E-state index contributed by atoms with van der Waals surface area (Å²) in [5, 5.41) is 21.6. The molecule has 0 saturated heterocycles. The Balaban J connectivity index is 2.95. The number of carboxylic acid groups (broad SMARTS) is 1. The molecule has 1 aromatic heterocycles. The summed E-state index contributed by atoms with van der Waals surface area (Å²) in [5.74, 6) is -1.43. The molecule has 1 heterocycles. The Kier molecular flexibility index (Phi) is 3.79. The van der Waals surface area contributed by atoms with E-state index in [0.29, 0.717) is 0 Å². The Bertz CT molecular complexity index is 540. The molecule has 0 aromatic carbocycles. The Morgan fingerprint density at radius 1 is 1.50 bits per heavy atom. The first-order chi connectivity index (χ1) is 8.08. The molecular weight excluding hydrogens is 264 g/mol. The molecule has 1 aromatic rings. The molecule has 0 radical (unpaired) electrons. The number of rotatable bonds is 5. The lowest BCUT2D eigenvalue weighted by molar-refractivity contribution is -0.155. The Morgan fingerprint density at radius 3 is 2.44 bits per heavy atom. The van der Waals surface area contributed by atoms with Crippen molar-refractivity contribution in [3.8, 4) is 0 Å². The van der Waals surface area contributed by atoms with Crippen LogP contribution >= 0.6 is 0 Å². The monoisotopic (exact) mass is 278 g/mol. The van der Waals surface area contributed by atoms with Crippen molar-refractivity contribution in [3.63, 3.8) is 0 Å². The maximum absolute atomic E-state index is 11.9. The number of hydrogen-bond donors (Lipinski definition) is 3. The predicted molar refractivity (Wildman–Crippen MR) is 59.4 cm³/mol. The molecule has 0 spiro atoms. The molecule has 0 aliphatic rings. The fourth-order valence-electron chi connectivity index (χ4n) is 1.24. The normalized spacial score (nSPS) is 15.3. The van der Waals surface area contributed by atoms with Gasteiger partial charge in [-0.1, -0.05) is 5.16 Å². The highest BCUT2D eigenvalue weighted by atomic mass is 32.2. The van der Waals surface area contributed by atoms with Crippen LogP contribution in [0.3, 0.4) is 0 Å². The minimum absolute atomic E-state index is 0.0926. The van der Waals surface area contributed by atoms with E-state index in [4.69, 9.17) is 9.63 Å². The van der Waals surface area contributed by atoms with Gasteiger partial charge in [-0.3, -0.25) is 0 Å². The van der Waals surface area contributed by atoms with Crippen LogP contribution in [-0.4, -0.2) is 41.9 Å². The van der Waals surface area contributed by atoms with E-state index in [-0.39, 0.29) is 16.3 Å². The second-order valence-electron chi connectivity index (χ2n) is 4.06. The molecule has 9 heteroatoms. The standard InChI is InChI=1S/C9H14N2O6S/c1-5-7(6(2)17-11-5)18(15,16)10-4-9(3,14)8(12)13/h10,14H,4H2,1-3H3,(H,12,13). The van der Waals surface area contributed by atoms with Gasteiger partial charge < -0.3 is 14.7 Å². The molecule has 1 atom stereocenters. The van der Waals surface area contributed by atoms with Crippen LogP contribution in [0.4, 0.5) is 0 Å². The van der Waals surface area contributed by atoms with Crippen molar-refractivity contribution in [2.75, 3.05) is 6.54 Å². The van der Waals surface area contributed by atoms with Crippen molar-refractivity contribution in [2.24, 2.45) is 0 Å². The molecule has 0 aliphatic heterocycles. The second-order valence-corrected chi connectivity index (χ2v) is 5.76. The van der Waals surface area contributed by atoms with Gasteiger partial charge >= 0.3 is 5.97 Å². The minimum atomic E-state index is -3.97. The van der Waals surface area contributed by atoms with Gasteiger partial charge in [0, 0.05) is 0 Å². The fraction of sp³-hybridized carbons (Fsp3) is 0.556. The SMILES string of the molecule is Cc1noc(C)c1S(=O)(=O)NCC(C)(O)C(=O)O. The van der Waals surface area contributed by atoms with Crippen LogP contribution in [0, 0.1) is 13.8 Å². The average Bonchev–Trinajstić information content (AvgIpc) is 2.56. The van der Waals surface area contributed by atoms with E-state index in [1.165, 1.54) is 13.8 Å². The van der Waals surface area contributed by atoms with E-state index in [0.717, 1.165) is 6.92 Å². The van der Waals surface area contributed by atoms with E-state index >= 15 is 0 Å². The lowest BCUT2D eigenvalue weighted by Crippen LogP contribution is -2.46. The molecule has 0 fully saturated rings. The molecule has 8 nitrogen and oxygen atoms in total. The van der Waals surface area contributed by atoms with E-state index in [9.17, 15) is 18.3 Å². The summed E-state index contributed by atoms with van der Waals surface area (Å²) in [6.45, 7) is 3.20. The van der Waals surface area contributed by atoms with Gasteiger partial charge in [-0.15, -0.1) is 0 Å². The number of aliphatic hydroxyl groups is 1. The Morgan fingerprint density at radius 2 is 2.06 bits per heavy atom. The number of carboxylic acids is 1.